The molecular formula is C27H50N4. The normalized spacial score (nSPS) is 44.2. The first-order valence-corrected chi connectivity index (χ1v) is 13.4. The van der Waals surface area contributed by atoms with E-state index in [-0.39, 0.29) is 5.41 Å². The highest BCUT2D eigenvalue weighted by Crippen LogP contribution is 2.68. The summed E-state index contributed by atoms with van der Waals surface area (Å²) in [5.41, 5.74) is 4.15. The second-order valence-electron chi connectivity index (χ2n) is 13.2. The van der Waals surface area contributed by atoms with Gasteiger partial charge in [-0.1, -0.05) is 47.5 Å². The third-order valence-electron chi connectivity index (χ3n) is 11.7. The maximum atomic E-state index is 5.61. The zero-order valence-corrected chi connectivity index (χ0v) is 21.1. The Morgan fingerprint density at radius 2 is 1.74 bits per heavy atom. The van der Waals surface area contributed by atoms with Crippen LogP contribution in [-0.2, 0) is 0 Å². The maximum absolute atomic E-state index is 5.61. The first kappa shape index (κ1) is 23.4. The molecule has 0 heterocycles. The highest BCUT2D eigenvalue weighted by atomic mass is 15.3. The molecule has 0 bridgehead atoms. The fourth-order valence-corrected chi connectivity index (χ4v) is 9.29. The Bertz CT molecular complexity index is 672. The number of rotatable bonds is 5. The van der Waals surface area contributed by atoms with Crippen molar-refractivity contribution in [2.45, 2.75) is 112 Å². The molecule has 0 radical (unpaired) electrons. The van der Waals surface area contributed by atoms with Crippen molar-refractivity contribution in [2.75, 3.05) is 0 Å². The van der Waals surface area contributed by atoms with Gasteiger partial charge in [0.15, 0.2) is 0 Å². The van der Waals surface area contributed by atoms with E-state index in [2.05, 4.69) is 45.1 Å². The molecule has 0 aromatic rings. The summed E-state index contributed by atoms with van der Waals surface area (Å²) in [5.74, 6) is 17.2. The predicted molar refractivity (Wildman–Crippen MR) is 131 cm³/mol. The third-order valence-corrected chi connectivity index (χ3v) is 11.7. The van der Waals surface area contributed by atoms with Crippen LogP contribution in [0.4, 0.5) is 0 Å². The lowest BCUT2D eigenvalue weighted by atomic mass is 9.44. The highest BCUT2D eigenvalue weighted by molar-refractivity contribution is 5.81. The number of amidine groups is 1. The van der Waals surface area contributed by atoms with Crippen LogP contribution in [0.1, 0.15) is 112 Å². The first-order valence-electron chi connectivity index (χ1n) is 13.4. The van der Waals surface area contributed by atoms with Crippen molar-refractivity contribution < 1.29 is 0 Å². The molecule has 4 rings (SSSR count). The minimum atomic E-state index is 0.263. The van der Waals surface area contributed by atoms with Crippen molar-refractivity contribution >= 4 is 5.84 Å². The fraction of sp³-hybridized carbons (Fsp3) is 0.963. The van der Waals surface area contributed by atoms with Gasteiger partial charge in [-0.05, 0) is 110 Å². The molecule has 4 heteroatoms. The molecule has 0 aromatic carbocycles. The number of hydrogen-bond donors (Lipinski definition) is 3. The Morgan fingerprint density at radius 1 is 1.00 bits per heavy atom. The van der Waals surface area contributed by atoms with Crippen LogP contribution in [0.3, 0.4) is 0 Å². The van der Waals surface area contributed by atoms with Crippen LogP contribution in [-0.4, -0.2) is 5.84 Å². The van der Waals surface area contributed by atoms with Gasteiger partial charge in [-0.25, -0.2) is 5.84 Å². The molecule has 178 valence electrons. The number of nitrogens with two attached hydrogens (primary N) is 2. The van der Waals surface area contributed by atoms with E-state index in [1.165, 1.54) is 70.6 Å². The van der Waals surface area contributed by atoms with E-state index < -0.39 is 0 Å². The molecule has 0 saturated heterocycles. The Morgan fingerprint density at radius 3 is 2.45 bits per heavy atom. The minimum Gasteiger partial charge on any atom is -0.322 e. The smallest absolute Gasteiger partial charge is 0.136 e. The van der Waals surface area contributed by atoms with E-state index in [0.29, 0.717) is 22.6 Å². The van der Waals surface area contributed by atoms with Crippen LogP contribution in [0, 0.1) is 51.8 Å². The summed E-state index contributed by atoms with van der Waals surface area (Å²) in [6.45, 7) is 12.7. The molecule has 0 aliphatic heterocycles. The molecule has 0 amide bonds. The summed E-state index contributed by atoms with van der Waals surface area (Å²) in [6, 6.07) is 0. The lowest BCUT2D eigenvalue weighted by Crippen LogP contribution is -2.52. The molecule has 8 atom stereocenters. The summed E-state index contributed by atoms with van der Waals surface area (Å²) < 4.78 is 0. The van der Waals surface area contributed by atoms with E-state index >= 15 is 0 Å². The summed E-state index contributed by atoms with van der Waals surface area (Å²) in [5, 5.41) is 3.84. The van der Waals surface area contributed by atoms with Crippen molar-refractivity contribution in [2.24, 2.45) is 68.5 Å². The van der Waals surface area contributed by atoms with Crippen LogP contribution < -0.4 is 17.1 Å². The van der Waals surface area contributed by atoms with E-state index in [4.69, 9.17) is 11.7 Å². The summed E-state index contributed by atoms with van der Waals surface area (Å²) >= 11 is 0. The van der Waals surface area contributed by atoms with Crippen molar-refractivity contribution in [3.05, 3.63) is 0 Å². The van der Waals surface area contributed by atoms with Gasteiger partial charge in [-0.3, -0.25) is 0 Å². The number of fused-ring (bicyclic) bond motifs is 5. The zero-order chi connectivity index (χ0) is 22.4. The fourth-order valence-electron chi connectivity index (χ4n) is 9.29. The molecule has 0 spiro atoms. The Hall–Kier alpha value is -0.770. The molecular weight excluding hydrogens is 380 g/mol. The Balaban J connectivity index is 1.47. The Kier molecular flexibility index (Phi) is 6.44. The van der Waals surface area contributed by atoms with Crippen molar-refractivity contribution in [3.63, 3.8) is 0 Å². The van der Waals surface area contributed by atoms with Crippen LogP contribution in [0.5, 0.6) is 0 Å². The molecule has 5 N–H and O–H groups in total. The van der Waals surface area contributed by atoms with Gasteiger partial charge in [0.2, 0.25) is 0 Å². The largest absolute Gasteiger partial charge is 0.322 e. The van der Waals surface area contributed by atoms with E-state index in [1.54, 1.807) is 0 Å². The molecule has 8 unspecified atom stereocenters. The molecule has 0 aromatic heterocycles. The topological polar surface area (TPSA) is 76.4 Å². The van der Waals surface area contributed by atoms with Crippen LogP contribution in [0.15, 0.2) is 5.10 Å². The standard InChI is InChI=1S/C27H50N4/c1-18(16-24(30-28)31-29)25(2,3)17-20-10-12-22-21-11-9-19-8-6-7-14-26(19,4)23(21)13-15-27(20,22)5/h18-23H,6-17,28-29H2,1-5H3,(H,30,31). The van der Waals surface area contributed by atoms with Gasteiger partial charge in [0.05, 0.1) is 0 Å². The van der Waals surface area contributed by atoms with Gasteiger partial charge in [0, 0.05) is 6.42 Å². The second-order valence-corrected chi connectivity index (χ2v) is 13.2. The molecule has 31 heavy (non-hydrogen) atoms. The average Bonchev–Trinajstić information content (AvgIpc) is 3.07. The van der Waals surface area contributed by atoms with Crippen LogP contribution in [0.2, 0.25) is 0 Å². The molecule has 4 nitrogen and oxygen atoms in total. The summed E-state index contributed by atoms with van der Waals surface area (Å²) in [6.07, 6.45) is 17.1. The summed E-state index contributed by atoms with van der Waals surface area (Å²) in [7, 11) is 0. The molecule has 4 aliphatic rings. The SMILES string of the molecule is CC(C/C(=N/N)NN)C(C)(C)CC1CCC2C3CCC4CCCCC4(C)C3CCC12C. The molecule has 4 fully saturated rings. The van der Waals surface area contributed by atoms with Crippen molar-refractivity contribution in [1.82, 2.24) is 5.43 Å². The molecule has 4 saturated carbocycles. The van der Waals surface area contributed by atoms with Gasteiger partial charge in [-0.2, -0.15) is 5.10 Å². The van der Waals surface area contributed by atoms with Crippen molar-refractivity contribution in [1.29, 1.82) is 0 Å². The quantitative estimate of drug-likeness (QED) is 0.210. The Labute approximate surface area is 191 Å². The number of hydrogen-bond acceptors (Lipinski definition) is 3. The molecule has 4 aliphatic carbocycles. The summed E-state index contributed by atoms with van der Waals surface area (Å²) in [4.78, 5) is 0. The number of hydrazone groups is 1. The second kappa shape index (κ2) is 8.54. The lowest BCUT2D eigenvalue weighted by Gasteiger charge is -2.61. The first-order chi connectivity index (χ1) is 14.7. The third kappa shape index (κ3) is 3.93. The maximum Gasteiger partial charge on any atom is 0.136 e. The minimum absolute atomic E-state index is 0.263. The van der Waals surface area contributed by atoms with Gasteiger partial charge in [0.25, 0.3) is 0 Å². The van der Waals surface area contributed by atoms with Gasteiger partial charge in [0.1, 0.15) is 5.84 Å². The van der Waals surface area contributed by atoms with Gasteiger partial charge >= 0.3 is 0 Å². The van der Waals surface area contributed by atoms with E-state index in [9.17, 15) is 0 Å². The monoisotopic (exact) mass is 430 g/mol. The number of hydrazine groups is 1. The number of nitrogens with zero attached hydrogens (tertiary/aromatic N) is 1. The predicted octanol–water partition coefficient (Wildman–Crippen LogP) is 6.21. The van der Waals surface area contributed by atoms with Crippen LogP contribution >= 0.6 is 0 Å². The van der Waals surface area contributed by atoms with E-state index in [0.717, 1.165) is 36.0 Å². The van der Waals surface area contributed by atoms with Crippen LogP contribution in [0.25, 0.3) is 0 Å². The van der Waals surface area contributed by atoms with Gasteiger partial charge in [-0.15, -0.1) is 0 Å². The lowest BCUT2D eigenvalue weighted by molar-refractivity contribution is -0.113. The van der Waals surface area contributed by atoms with Crippen molar-refractivity contribution in [3.8, 4) is 0 Å². The van der Waals surface area contributed by atoms with E-state index in [1.807, 2.05) is 0 Å². The zero-order valence-electron chi connectivity index (χ0n) is 21.1. The highest BCUT2D eigenvalue weighted by Gasteiger charge is 2.59. The average molecular weight is 431 g/mol. The number of nitrogens with one attached hydrogen (secondary N) is 1. The van der Waals surface area contributed by atoms with Gasteiger partial charge < -0.3 is 11.3 Å².